The number of aryl methyl sites for hydroxylation is 1. The first kappa shape index (κ1) is 25.1. The molecule has 3 heterocycles. The van der Waals surface area contributed by atoms with Gasteiger partial charge in [0.2, 0.25) is 5.91 Å². The number of hydrogen-bond donors (Lipinski definition) is 1. The number of sulfone groups is 1. The van der Waals surface area contributed by atoms with Gasteiger partial charge in [0.05, 0.1) is 21.0 Å². The minimum Gasteiger partial charge on any atom is -0.331 e. The molecule has 1 saturated heterocycles. The second-order valence-electron chi connectivity index (χ2n) is 10.5. The highest BCUT2D eigenvalue weighted by Gasteiger charge is 2.41. The van der Waals surface area contributed by atoms with Crippen LogP contribution in [0.1, 0.15) is 54.2 Å². The van der Waals surface area contributed by atoms with Gasteiger partial charge in [0, 0.05) is 43.2 Å². The second kappa shape index (κ2) is 9.20. The summed E-state index contributed by atoms with van der Waals surface area (Å²) in [5.41, 5.74) is 4.27. The highest BCUT2D eigenvalue weighted by atomic mass is 32.2. The molecule has 0 unspecified atom stereocenters. The highest BCUT2D eigenvalue weighted by Crippen LogP contribution is 2.42. The highest BCUT2D eigenvalue weighted by molar-refractivity contribution is 7.90. The molecule has 38 heavy (non-hydrogen) atoms. The number of thiazole rings is 1. The molecule has 1 atom stereocenters. The zero-order chi connectivity index (χ0) is 26.8. The fourth-order valence-corrected chi connectivity index (χ4v) is 7.44. The van der Waals surface area contributed by atoms with E-state index in [0.717, 1.165) is 65.1 Å². The number of amides is 2. The van der Waals surface area contributed by atoms with E-state index in [1.54, 1.807) is 11.0 Å². The Morgan fingerprint density at radius 3 is 2.63 bits per heavy atom. The molecule has 0 bridgehead atoms. The normalized spacial score (nSPS) is 18.3. The minimum atomic E-state index is -3.63. The summed E-state index contributed by atoms with van der Waals surface area (Å²) in [6, 6.07) is 11.4. The number of benzene rings is 2. The van der Waals surface area contributed by atoms with Gasteiger partial charge in [0.15, 0.2) is 15.0 Å². The molecule has 1 N–H and O–H groups in total. The Morgan fingerprint density at radius 2 is 1.95 bits per heavy atom. The summed E-state index contributed by atoms with van der Waals surface area (Å²) in [4.78, 5) is 34.8. The molecule has 10 heteroatoms. The second-order valence-corrected chi connectivity index (χ2v) is 13.5. The molecule has 3 aliphatic rings. The van der Waals surface area contributed by atoms with Gasteiger partial charge in [-0.3, -0.25) is 9.59 Å². The van der Waals surface area contributed by atoms with E-state index in [9.17, 15) is 18.0 Å². The van der Waals surface area contributed by atoms with Gasteiger partial charge in [-0.2, -0.15) is 0 Å². The molecule has 1 saturated carbocycles. The van der Waals surface area contributed by atoms with Crippen molar-refractivity contribution in [2.24, 2.45) is 5.92 Å². The Bertz CT molecular complexity index is 1580. The lowest BCUT2D eigenvalue weighted by molar-refractivity contribution is -0.117. The Balaban J connectivity index is 1.33. The van der Waals surface area contributed by atoms with Gasteiger partial charge in [-0.15, -0.1) is 0 Å². The van der Waals surface area contributed by atoms with Crippen LogP contribution in [0.25, 0.3) is 10.4 Å². The number of carbonyl (C=O) groups excluding carboxylic acids is 2. The number of fused-ring (bicyclic) bond motifs is 1. The zero-order valence-corrected chi connectivity index (χ0v) is 23.3. The standard InChI is InChI=1S/C28H30N4O4S2/c1-16-26(37-28(29-16)30-21-6-4-7-22(14-21)31-11-5-8-24(31)33)19-12-20-15-32(17(2)18-9-10-18)27(34)25(20)23(13-19)38(3,35)36/h4,6-7,12-14,17-18H,5,8-11,15H2,1-3H3,(H,29,30)/t17-/m0/s1. The number of aromatic nitrogens is 1. The van der Waals surface area contributed by atoms with Crippen molar-refractivity contribution in [1.29, 1.82) is 0 Å². The molecule has 1 aliphatic carbocycles. The van der Waals surface area contributed by atoms with Gasteiger partial charge in [0.25, 0.3) is 5.91 Å². The van der Waals surface area contributed by atoms with Crippen LogP contribution in [0.3, 0.4) is 0 Å². The maximum Gasteiger partial charge on any atom is 0.256 e. The molecular weight excluding hydrogens is 520 g/mol. The number of nitrogens with zero attached hydrogens (tertiary/aromatic N) is 3. The monoisotopic (exact) mass is 550 g/mol. The van der Waals surface area contributed by atoms with E-state index in [1.807, 2.05) is 42.2 Å². The topological polar surface area (TPSA) is 99.7 Å². The van der Waals surface area contributed by atoms with E-state index in [4.69, 9.17) is 4.98 Å². The summed E-state index contributed by atoms with van der Waals surface area (Å²) in [6.45, 7) is 5.11. The van der Waals surface area contributed by atoms with Gasteiger partial charge in [-0.1, -0.05) is 17.4 Å². The first-order valence-electron chi connectivity index (χ1n) is 12.9. The van der Waals surface area contributed by atoms with Crippen molar-refractivity contribution in [2.75, 3.05) is 23.0 Å². The van der Waals surface area contributed by atoms with E-state index >= 15 is 0 Å². The third-order valence-electron chi connectivity index (χ3n) is 7.74. The molecule has 2 fully saturated rings. The predicted octanol–water partition coefficient (Wildman–Crippen LogP) is 5.15. The number of anilines is 3. The molecule has 1 aromatic heterocycles. The lowest BCUT2D eigenvalue weighted by atomic mass is 10.0. The maximum absolute atomic E-state index is 13.3. The average molecular weight is 551 g/mol. The predicted molar refractivity (Wildman–Crippen MR) is 149 cm³/mol. The van der Waals surface area contributed by atoms with Crippen molar-refractivity contribution in [1.82, 2.24) is 9.88 Å². The maximum atomic E-state index is 13.3. The van der Waals surface area contributed by atoms with E-state index in [0.29, 0.717) is 29.6 Å². The van der Waals surface area contributed by atoms with Crippen LogP contribution in [0.15, 0.2) is 41.3 Å². The molecule has 6 rings (SSSR count). The van der Waals surface area contributed by atoms with Crippen molar-refractivity contribution in [3.8, 4) is 10.4 Å². The lowest BCUT2D eigenvalue weighted by Crippen LogP contribution is -2.35. The van der Waals surface area contributed by atoms with Crippen LogP contribution in [-0.4, -0.2) is 49.0 Å². The molecule has 2 aliphatic heterocycles. The van der Waals surface area contributed by atoms with Crippen molar-refractivity contribution < 1.29 is 18.0 Å². The van der Waals surface area contributed by atoms with E-state index in [1.165, 1.54) is 11.3 Å². The van der Waals surface area contributed by atoms with Crippen LogP contribution >= 0.6 is 11.3 Å². The Kier molecular flexibility index (Phi) is 6.07. The molecule has 198 valence electrons. The van der Waals surface area contributed by atoms with Crippen LogP contribution in [0.4, 0.5) is 16.5 Å². The van der Waals surface area contributed by atoms with Crippen LogP contribution in [0.5, 0.6) is 0 Å². The van der Waals surface area contributed by atoms with Gasteiger partial charge in [-0.05, 0) is 80.5 Å². The van der Waals surface area contributed by atoms with Gasteiger partial charge < -0.3 is 15.1 Å². The number of hydrogen-bond acceptors (Lipinski definition) is 7. The van der Waals surface area contributed by atoms with E-state index in [-0.39, 0.29) is 22.8 Å². The van der Waals surface area contributed by atoms with Crippen molar-refractivity contribution in [3.05, 3.63) is 53.2 Å². The average Bonchev–Trinajstić information content (AvgIpc) is 3.41. The molecular formula is C28H30N4O4S2. The van der Waals surface area contributed by atoms with Crippen LogP contribution in [0, 0.1) is 12.8 Å². The molecule has 2 amide bonds. The zero-order valence-electron chi connectivity index (χ0n) is 21.7. The van der Waals surface area contributed by atoms with Crippen molar-refractivity contribution >= 4 is 49.5 Å². The summed E-state index contributed by atoms with van der Waals surface area (Å²) < 4.78 is 25.6. The van der Waals surface area contributed by atoms with Crippen LogP contribution in [0.2, 0.25) is 0 Å². The number of nitrogens with one attached hydrogen (secondary N) is 1. The van der Waals surface area contributed by atoms with Gasteiger partial charge in [-0.25, -0.2) is 13.4 Å². The summed E-state index contributed by atoms with van der Waals surface area (Å²) in [5.74, 6) is 0.441. The summed E-state index contributed by atoms with van der Waals surface area (Å²) in [5, 5.41) is 4.02. The van der Waals surface area contributed by atoms with Gasteiger partial charge in [0.1, 0.15) is 0 Å². The Hall–Kier alpha value is -3.24. The first-order valence-corrected chi connectivity index (χ1v) is 15.6. The van der Waals surface area contributed by atoms with Crippen molar-refractivity contribution in [3.63, 3.8) is 0 Å². The SMILES string of the molecule is Cc1nc(Nc2cccc(N3CCCC3=O)c2)sc1-c1cc2c(c(S(C)(=O)=O)c1)C(=O)N([C@@H](C)C1CC1)C2. The summed E-state index contributed by atoms with van der Waals surface area (Å²) in [7, 11) is -3.63. The molecule has 8 nitrogen and oxygen atoms in total. The quantitative estimate of drug-likeness (QED) is 0.437. The fraction of sp³-hybridized carbons (Fsp3) is 0.393. The third-order valence-corrected chi connectivity index (χ3v) is 9.98. The molecule has 2 aromatic carbocycles. The molecule has 3 aromatic rings. The van der Waals surface area contributed by atoms with Gasteiger partial charge >= 0.3 is 0 Å². The summed E-state index contributed by atoms with van der Waals surface area (Å²) >= 11 is 1.44. The number of carbonyl (C=O) groups is 2. The first-order chi connectivity index (χ1) is 18.1. The van der Waals surface area contributed by atoms with E-state index in [2.05, 4.69) is 12.2 Å². The third kappa shape index (κ3) is 4.49. The number of rotatable bonds is 7. The summed E-state index contributed by atoms with van der Waals surface area (Å²) in [6.07, 6.45) is 4.82. The lowest BCUT2D eigenvalue weighted by Gasteiger charge is -2.24. The van der Waals surface area contributed by atoms with E-state index < -0.39 is 9.84 Å². The molecule has 0 radical (unpaired) electrons. The molecule has 0 spiro atoms. The smallest absolute Gasteiger partial charge is 0.256 e. The minimum absolute atomic E-state index is 0.0887. The van der Waals surface area contributed by atoms with Crippen LogP contribution < -0.4 is 10.2 Å². The Labute approximate surface area is 226 Å². The van der Waals surface area contributed by atoms with Crippen molar-refractivity contribution in [2.45, 2.75) is 57.0 Å². The Morgan fingerprint density at radius 1 is 1.16 bits per heavy atom. The fourth-order valence-electron chi connectivity index (χ4n) is 5.54. The largest absolute Gasteiger partial charge is 0.331 e. The van der Waals surface area contributed by atoms with Crippen LogP contribution in [-0.2, 0) is 21.2 Å².